The van der Waals surface area contributed by atoms with Crippen LogP contribution in [0.25, 0.3) is 0 Å². The van der Waals surface area contributed by atoms with Gasteiger partial charge in [-0.2, -0.15) is 0 Å². The van der Waals surface area contributed by atoms with Crippen LogP contribution in [0.15, 0.2) is 42.7 Å². The van der Waals surface area contributed by atoms with E-state index >= 15 is 0 Å². The molecular formula is C13H12N4O3. The summed E-state index contributed by atoms with van der Waals surface area (Å²) in [6.45, 7) is 0. The topological polar surface area (TPSA) is 93.2 Å². The highest BCUT2D eigenvalue weighted by atomic mass is 16.5. The van der Waals surface area contributed by atoms with Gasteiger partial charge >= 0.3 is 11.8 Å². The summed E-state index contributed by atoms with van der Waals surface area (Å²) in [5, 5.41) is 4.74. The van der Waals surface area contributed by atoms with Crippen molar-refractivity contribution in [2.45, 2.75) is 0 Å². The average Bonchev–Trinajstić information content (AvgIpc) is 2.49. The van der Waals surface area contributed by atoms with E-state index in [0.717, 1.165) is 0 Å². The van der Waals surface area contributed by atoms with Crippen LogP contribution < -0.4 is 15.4 Å². The molecule has 0 unspecified atom stereocenters. The van der Waals surface area contributed by atoms with E-state index in [1.807, 2.05) is 0 Å². The fourth-order valence-corrected chi connectivity index (χ4v) is 1.38. The Morgan fingerprint density at radius 3 is 2.20 bits per heavy atom. The largest absolute Gasteiger partial charge is 0.497 e. The number of methoxy groups -OCH3 is 1. The summed E-state index contributed by atoms with van der Waals surface area (Å²) >= 11 is 0. The fourth-order valence-electron chi connectivity index (χ4n) is 1.38. The number of aromatic nitrogens is 2. The lowest BCUT2D eigenvalue weighted by molar-refractivity contribution is -0.133. The number of hydrogen-bond donors (Lipinski definition) is 2. The Labute approximate surface area is 115 Å². The molecule has 0 aliphatic carbocycles. The van der Waals surface area contributed by atoms with Crippen molar-refractivity contribution < 1.29 is 14.3 Å². The molecule has 0 bridgehead atoms. The van der Waals surface area contributed by atoms with Crippen molar-refractivity contribution in [2.24, 2.45) is 0 Å². The van der Waals surface area contributed by atoms with Gasteiger partial charge in [0.15, 0.2) is 0 Å². The van der Waals surface area contributed by atoms with Crippen LogP contribution in [0.5, 0.6) is 5.75 Å². The second-order valence-corrected chi connectivity index (χ2v) is 3.71. The number of ether oxygens (including phenoxy) is 1. The van der Waals surface area contributed by atoms with E-state index in [9.17, 15) is 9.59 Å². The molecule has 7 heteroatoms. The predicted octanol–water partition coefficient (Wildman–Crippen LogP) is 1.06. The van der Waals surface area contributed by atoms with Gasteiger partial charge in [0.2, 0.25) is 5.95 Å². The molecule has 0 aliphatic rings. The molecule has 2 aromatic rings. The van der Waals surface area contributed by atoms with Crippen LogP contribution in [0.3, 0.4) is 0 Å². The number of rotatable bonds is 3. The number of hydrogen-bond acceptors (Lipinski definition) is 5. The van der Waals surface area contributed by atoms with Gasteiger partial charge in [0.05, 0.1) is 7.11 Å². The SMILES string of the molecule is COc1ccc(NC(=O)C(=O)Nc2ncccn2)cc1. The van der Waals surface area contributed by atoms with Crippen LogP contribution in [0.2, 0.25) is 0 Å². The lowest BCUT2D eigenvalue weighted by atomic mass is 10.3. The molecular weight excluding hydrogens is 260 g/mol. The Balaban J connectivity index is 1.95. The van der Waals surface area contributed by atoms with E-state index in [1.165, 1.54) is 12.4 Å². The van der Waals surface area contributed by atoms with Gasteiger partial charge in [-0.1, -0.05) is 0 Å². The Morgan fingerprint density at radius 2 is 1.60 bits per heavy atom. The summed E-state index contributed by atoms with van der Waals surface area (Å²) in [6.07, 6.45) is 2.92. The van der Waals surface area contributed by atoms with Crippen LogP contribution in [-0.4, -0.2) is 28.9 Å². The molecule has 0 fully saturated rings. The Kier molecular flexibility index (Phi) is 4.23. The molecule has 20 heavy (non-hydrogen) atoms. The molecule has 2 amide bonds. The van der Waals surface area contributed by atoms with Gasteiger partial charge in [-0.3, -0.25) is 14.9 Å². The maximum absolute atomic E-state index is 11.7. The third kappa shape index (κ3) is 3.52. The zero-order valence-electron chi connectivity index (χ0n) is 10.7. The van der Waals surface area contributed by atoms with Crippen LogP contribution in [-0.2, 0) is 9.59 Å². The van der Waals surface area contributed by atoms with E-state index in [1.54, 1.807) is 37.4 Å². The molecule has 2 N–H and O–H groups in total. The molecule has 102 valence electrons. The van der Waals surface area contributed by atoms with Crippen molar-refractivity contribution in [3.63, 3.8) is 0 Å². The summed E-state index contributed by atoms with van der Waals surface area (Å²) < 4.78 is 4.99. The Hall–Kier alpha value is -2.96. The molecule has 1 heterocycles. The van der Waals surface area contributed by atoms with E-state index < -0.39 is 11.8 Å². The smallest absolute Gasteiger partial charge is 0.316 e. The first-order valence-electron chi connectivity index (χ1n) is 5.72. The molecule has 0 radical (unpaired) electrons. The Bertz CT molecular complexity index is 599. The number of anilines is 2. The minimum Gasteiger partial charge on any atom is -0.497 e. The van der Waals surface area contributed by atoms with Crippen LogP contribution in [0.4, 0.5) is 11.6 Å². The molecule has 7 nitrogen and oxygen atoms in total. The zero-order chi connectivity index (χ0) is 14.4. The highest BCUT2D eigenvalue weighted by Gasteiger charge is 2.14. The summed E-state index contributed by atoms with van der Waals surface area (Å²) in [7, 11) is 1.54. The molecule has 2 rings (SSSR count). The first-order valence-corrected chi connectivity index (χ1v) is 5.72. The van der Waals surface area contributed by atoms with Crippen molar-refractivity contribution in [3.8, 4) is 5.75 Å². The van der Waals surface area contributed by atoms with Gasteiger partial charge in [-0.25, -0.2) is 9.97 Å². The predicted molar refractivity (Wildman–Crippen MR) is 72.3 cm³/mol. The van der Waals surface area contributed by atoms with Gasteiger partial charge in [-0.05, 0) is 30.3 Å². The number of amides is 2. The number of nitrogens with one attached hydrogen (secondary N) is 2. The molecule has 0 atom stereocenters. The molecule has 1 aromatic heterocycles. The maximum Gasteiger partial charge on any atom is 0.316 e. The van der Waals surface area contributed by atoms with E-state index in [4.69, 9.17) is 4.74 Å². The van der Waals surface area contributed by atoms with E-state index in [-0.39, 0.29) is 5.95 Å². The van der Waals surface area contributed by atoms with Crippen LogP contribution in [0, 0.1) is 0 Å². The first kappa shape index (κ1) is 13.5. The van der Waals surface area contributed by atoms with Gasteiger partial charge in [0.1, 0.15) is 5.75 Å². The monoisotopic (exact) mass is 272 g/mol. The minimum atomic E-state index is -0.841. The third-order valence-electron chi connectivity index (χ3n) is 2.35. The fraction of sp³-hybridized carbons (Fsp3) is 0.0769. The summed E-state index contributed by atoms with van der Waals surface area (Å²) in [4.78, 5) is 30.9. The van der Waals surface area contributed by atoms with E-state index in [0.29, 0.717) is 11.4 Å². The summed E-state index contributed by atoms with van der Waals surface area (Å²) in [5.74, 6) is -0.915. The number of carbonyl (C=O) groups excluding carboxylic acids is 2. The molecule has 0 aliphatic heterocycles. The Morgan fingerprint density at radius 1 is 1.00 bits per heavy atom. The highest BCUT2D eigenvalue weighted by molar-refractivity contribution is 6.43. The standard InChI is InChI=1S/C13H12N4O3/c1-20-10-5-3-9(4-6-10)16-11(18)12(19)17-13-14-7-2-8-15-13/h2-8H,1H3,(H,16,18)(H,14,15,17,19). The van der Waals surface area contributed by atoms with Gasteiger partial charge in [0, 0.05) is 18.1 Å². The number of carbonyl (C=O) groups is 2. The van der Waals surface area contributed by atoms with Gasteiger partial charge in [-0.15, -0.1) is 0 Å². The van der Waals surface area contributed by atoms with Crippen molar-refractivity contribution in [2.75, 3.05) is 17.7 Å². The van der Waals surface area contributed by atoms with E-state index in [2.05, 4.69) is 20.6 Å². The summed E-state index contributed by atoms with van der Waals surface area (Å²) in [6, 6.07) is 8.21. The lowest BCUT2D eigenvalue weighted by Gasteiger charge is -2.06. The molecule has 0 spiro atoms. The second kappa shape index (κ2) is 6.28. The zero-order valence-corrected chi connectivity index (χ0v) is 10.7. The normalized spacial score (nSPS) is 9.65. The van der Waals surface area contributed by atoms with Crippen molar-refractivity contribution >= 4 is 23.5 Å². The van der Waals surface area contributed by atoms with Crippen molar-refractivity contribution in [1.29, 1.82) is 0 Å². The van der Waals surface area contributed by atoms with Crippen molar-refractivity contribution in [3.05, 3.63) is 42.7 Å². The quantitative estimate of drug-likeness (QED) is 0.815. The number of nitrogens with zero attached hydrogens (tertiary/aromatic N) is 2. The summed E-state index contributed by atoms with van der Waals surface area (Å²) in [5.41, 5.74) is 0.486. The second-order valence-electron chi connectivity index (χ2n) is 3.71. The molecule has 0 saturated carbocycles. The molecule has 1 aromatic carbocycles. The number of benzene rings is 1. The maximum atomic E-state index is 11.7. The average molecular weight is 272 g/mol. The van der Waals surface area contributed by atoms with Gasteiger partial charge < -0.3 is 10.1 Å². The lowest BCUT2D eigenvalue weighted by Crippen LogP contribution is -2.29. The van der Waals surface area contributed by atoms with Crippen LogP contribution >= 0.6 is 0 Å². The first-order chi connectivity index (χ1) is 9.69. The van der Waals surface area contributed by atoms with Crippen molar-refractivity contribution in [1.82, 2.24) is 9.97 Å². The highest BCUT2D eigenvalue weighted by Crippen LogP contribution is 2.14. The van der Waals surface area contributed by atoms with Crippen LogP contribution in [0.1, 0.15) is 0 Å². The van der Waals surface area contributed by atoms with Gasteiger partial charge in [0.25, 0.3) is 0 Å². The third-order valence-corrected chi connectivity index (χ3v) is 2.35. The minimum absolute atomic E-state index is 0.0716. The molecule has 0 saturated heterocycles.